The van der Waals surface area contributed by atoms with E-state index >= 15 is 0 Å². The largest absolute Gasteiger partial charge is 0.376 e. The normalized spacial score (nSPS) is 16.4. The predicted octanol–water partition coefficient (Wildman–Crippen LogP) is 3.88. The number of rotatable bonds is 11. The number of aliphatic imine (C=N–C) groups is 1. The number of hydrogen-bond acceptors (Lipinski definition) is 5. The van der Waals surface area contributed by atoms with Crippen LogP contribution in [-0.4, -0.2) is 58.8 Å². The van der Waals surface area contributed by atoms with E-state index in [1.807, 2.05) is 12.1 Å². The van der Waals surface area contributed by atoms with Gasteiger partial charge in [0.25, 0.3) is 0 Å². The topological polar surface area (TPSA) is 76.4 Å². The van der Waals surface area contributed by atoms with Crippen molar-refractivity contribution in [1.82, 2.24) is 25.4 Å². The number of aryl methyl sites for hydroxylation is 1. The van der Waals surface area contributed by atoms with Gasteiger partial charge in [0, 0.05) is 37.6 Å². The van der Waals surface area contributed by atoms with Gasteiger partial charge in [-0.25, -0.2) is 4.39 Å². The molecule has 10 heteroatoms. The fourth-order valence-corrected chi connectivity index (χ4v) is 4.21. The number of benzene rings is 1. The Morgan fingerprint density at radius 3 is 2.81 bits per heavy atom. The molecule has 1 atom stereocenters. The SMILES string of the molecule is CCc1nncn1CCNC(=NCC1CCCCO1)NCCCSc1ccc(F)cc1.I. The van der Waals surface area contributed by atoms with Gasteiger partial charge >= 0.3 is 0 Å². The zero-order valence-electron chi connectivity index (χ0n) is 18.6. The van der Waals surface area contributed by atoms with E-state index in [-0.39, 0.29) is 35.9 Å². The molecule has 1 fully saturated rings. The van der Waals surface area contributed by atoms with Crippen LogP contribution in [0.15, 0.2) is 40.5 Å². The number of ether oxygens (including phenoxy) is 1. The van der Waals surface area contributed by atoms with E-state index in [4.69, 9.17) is 9.73 Å². The molecule has 1 aliphatic heterocycles. The fraction of sp³-hybridized carbons (Fsp3) is 0.591. The molecule has 0 bridgehead atoms. The highest BCUT2D eigenvalue weighted by Gasteiger charge is 2.13. The van der Waals surface area contributed by atoms with Gasteiger partial charge in [-0.1, -0.05) is 6.92 Å². The lowest BCUT2D eigenvalue weighted by Gasteiger charge is -2.21. The van der Waals surface area contributed by atoms with Crippen molar-refractivity contribution in [3.63, 3.8) is 0 Å². The summed E-state index contributed by atoms with van der Waals surface area (Å²) in [5, 5.41) is 15.0. The van der Waals surface area contributed by atoms with Crippen LogP contribution in [0, 0.1) is 5.82 Å². The van der Waals surface area contributed by atoms with Gasteiger partial charge in [0.2, 0.25) is 0 Å². The Morgan fingerprint density at radius 1 is 1.25 bits per heavy atom. The number of guanidine groups is 1. The molecule has 1 saturated heterocycles. The van der Waals surface area contributed by atoms with E-state index in [0.717, 1.165) is 74.4 Å². The van der Waals surface area contributed by atoms with Crippen LogP contribution in [-0.2, 0) is 17.7 Å². The van der Waals surface area contributed by atoms with Crippen molar-refractivity contribution < 1.29 is 9.13 Å². The lowest BCUT2D eigenvalue weighted by Crippen LogP contribution is -2.40. The number of hydrogen-bond donors (Lipinski definition) is 2. The second-order valence-electron chi connectivity index (χ2n) is 7.48. The average Bonchev–Trinajstić information content (AvgIpc) is 3.26. The van der Waals surface area contributed by atoms with Crippen LogP contribution >= 0.6 is 35.7 Å². The molecule has 0 amide bonds. The van der Waals surface area contributed by atoms with Crippen LogP contribution in [0.2, 0.25) is 0 Å². The minimum absolute atomic E-state index is 0. The third kappa shape index (κ3) is 9.62. The second kappa shape index (κ2) is 15.4. The van der Waals surface area contributed by atoms with Crippen molar-refractivity contribution in [2.45, 2.75) is 56.6 Å². The van der Waals surface area contributed by atoms with Crippen molar-refractivity contribution in [3.05, 3.63) is 42.2 Å². The lowest BCUT2D eigenvalue weighted by atomic mass is 10.1. The minimum Gasteiger partial charge on any atom is -0.376 e. The van der Waals surface area contributed by atoms with Crippen molar-refractivity contribution in [1.29, 1.82) is 0 Å². The molecule has 2 N–H and O–H groups in total. The molecule has 1 aliphatic rings. The van der Waals surface area contributed by atoms with Gasteiger partial charge in [0.15, 0.2) is 5.96 Å². The smallest absolute Gasteiger partial charge is 0.191 e. The van der Waals surface area contributed by atoms with Gasteiger partial charge in [-0.05, 0) is 55.7 Å². The summed E-state index contributed by atoms with van der Waals surface area (Å²) >= 11 is 1.73. The molecular weight excluding hydrogens is 542 g/mol. The standard InChI is InChI=1S/C22H33FN6OS.HI/c1-2-21-28-27-17-29(21)13-12-25-22(26-16-19-6-3-4-14-30-19)24-11-5-15-31-20-9-7-18(23)8-10-20;/h7-10,17,19H,2-6,11-16H2,1H3,(H2,24,25,26);1H. The Kier molecular flexibility index (Phi) is 13.0. The highest BCUT2D eigenvalue weighted by Crippen LogP contribution is 2.18. The maximum absolute atomic E-state index is 13.0. The van der Waals surface area contributed by atoms with Crippen molar-refractivity contribution in [2.75, 3.05) is 32.0 Å². The molecule has 3 rings (SSSR count). The predicted molar refractivity (Wildman–Crippen MR) is 138 cm³/mol. The Balaban J connectivity index is 0.00000363. The van der Waals surface area contributed by atoms with Gasteiger partial charge in [-0.2, -0.15) is 0 Å². The van der Waals surface area contributed by atoms with Gasteiger partial charge in [-0.3, -0.25) is 4.99 Å². The van der Waals surface area contributed by atoms with Crippen LogP contribution in [0.25, 0.3) is 0 Å². The zero-order valence-corrected chi connectivity index (χ0v) is 21.8. The molecule has 2 aromatic rings. The van der Waals surface area contributed by atoms with E-state index in [1.54, 1.807) is 18.1 Å². The van der Waals surface area contributed by atoms with Gasteiger partial charge in [-0.15, -0.1) is 45.9 Å². The summed E-state index contributed by atoms with van der Waals surface area (Å²) < 4.78 is 20.9. The van der Waals surface area contributed by atoms with E-state index < -0.39 is 0 Å². The first-order chi connectivity index (χ1) is 15.2. The highest BCUT2D eigenvalue weighted by molar-refractivity contribution is 14.0. The van der Waals surface area contributed by atoms with E-state index in [1.165, 1.54) is 18.6 Å². The molecular formula is C22H34FIN6OS. The summed E-state index contributed by atoms with van der Waals surface area (Å²) in [6, 6.07) is 6.65. The third-order valence-corrected chi connectivity index (χ3v) is 6.18. The van der Waals surface area contributed by atoms with Crippen LogP contribution in [0.1, 0.15) is 38.4 Å². The van der Waals surface area contributed by atoms with Gasteiger partial charge < -0.3 is 19.9 Å². The van der Waals surface area contributed by atoms with Crippen LogP contribution in [0.4, 0.5) is 4.39 Å². The zero-order chi connectivity index (χ0) is 21.7. The summed E-state index contributed by atoms with van der Waals surface area (Å²) in [6.07, 6.45) is 7.26. The number of nitrogens with zero attached hydrogens (tertiary/aromatic N) is 4. The first-order valence-electron chi connectivity index (χ1n) is 11.1. The van der Waals surface area contributed by atoms with E-state index in [2.05, 4.69) is 32.3 Å². The number of aromatic nitrogens is 3. The molecule has 1 aromatic heterocycles. The molecule has 2 heterocycles. The Morgan fingerprint density at radius 2 is 2.06 bits per heavy atom. The van der Waals surface area contributed by atoms with Crippen molar-refractivity contribution >= 4 is 41.7 Å². The summed E-state index contributed by atoms with van der Waals surface area (Å²) in [6.45, 7) is 5.94. The lowest BCUT2D eigenvalue weighted by molar-refractivity contribution is 0.0224. The Bertz CT molecular complexity index is 798. The molecule has 7 nitrogen and oxygen atoms in total. The second-order valence-corrected chi connectivity index (χ2v) is 8.65. The van der Waals surface area contributed by atoms with E-state index in [9.17, 15) is 4.39 Å². The first kappa shape index (κ1) is 26.8. The summed E-state index contributed by atoms with van der Waals surface area (Å²) in [7, 11) is 0. The van der Waals surface area contributed by atoms with Crippen molar-refractivity contribution in [3.8, 4) is 0 Å². The molecule has 0 radical (unpaired) electrons. The molecule has 0 saturated carbocycles. The summed E-state index contributed by atoms with van der Waals surface area (Å²) in [5.41, 5.74) is 0. The Hall–Kier alpha value is -1.40. The van der Waals surface area contributed by atoms with Gasteiger partial charge in [0.1, 0.15) is 18.0 Å². The molecule has 0 spiro atoms. The van der Waals surface area contributed by atoms with Gasteiger partial charge in [0.05, 0.1) is 12.6 Å². The van der Waals surface area contributed by atoms with E-state index in [0.29, 0.717) is 6.54 Å². The fourth-order valence-electron chi connectivity index (χ4n) is 3.35. The van der Waals surface area contributed by atoms with Crippen LogP contribution in [0.5, 0.6) is 0 Å². The Labute approximate surface area is 211 Å². The first-order valence-corrected chi connectivity index (χ1v) is 12.1. The average molecular weight is 577 g/mol. The molecule has 1 aromatic carbocycles. The van der Waals surface area contributed by atoms with Crippen LogP contribution in [0.3, 0.4) is 0 Å². The number of halogens is 2. The maximum Gasteiger partial charge on any atom is 0.191 e. The summed E-state index contributed by atoms with van der Waals surface area (Å²) in [5.74, 6) is 2.56. The van der Waals surface area contributed by atoms with Crippen molar-refractivity contribution in [2.24, 2.45) is 4.99 Å². The quantitative estimate of drug-likeness (QED) is 0.139. The summed E-state index contributed by atoms with van der Waals surface area (Å²) in [4.78, 5) is 5.84. The number of nitrogens with one attached hydrogen (secondary N) is 2. The monoisotopic (exact) mass is 576 g/mol. The highest BCUT2D eigenvalue weighted by atomic mass is 127. The molecule has 0 aliphatic carbocycles. The molecule has 32 heavy (non-hydrogen) atoms. The number of thioether (sulfide) groups is 1. The molecule has 178 valence electrons. The third-order valence-electron chi connectivity index (χ3n) is 5.08. The van der Waals surface area contributed by atoms with Crippen LogP contribution < -0.4 is 10.6 Å². The minimum atomic E-state index is -0.197. The maximum atomic E-state index is 13.0. The molecule has 1 unspecified atom stereocenters.